The Labute approximate surface area is 99.2 Å². The van der Waals surface area contributed by atoms with Crippen molar-refractivity contribution in [3.63, 3.8) is 0 Å². The van der Waals surface area contributed by atoms with Gasteiger partial charge in [-0.3, -0.25) is 0 Å². The summed E-state index contributed by atoms with van der Waals surface area (Å²) in [4.78, 5) is 5.15. The van der Waals surface area contributed by atoms with E-state index in [4.69, 9.17) is 0 Å². The summed E-state index contributed by atoms with van der Waals surface area (Å²) in [7, 11) is 2.23. The standard InChI is InChI=1S/C13H25N3/c1-15-6-5-12(10-15)14-8-11-4-7-16(9-11)13-2-3-13/h11-14H,2-10H2,1H3. The summed E-state index contributed by atoms with van der Waals surface area (Å²) in [5, 5.41) is 3.77. The summed E-state index contributed by atoms with van der Waals surface area (Å²) >= 11 is 0. The van der Waals surface area contributed by atoms with Crippen LogP contribution in [-0.2, 0) is 0 Å². The Morgan fingerprint density at radius 3 is 2.62 bits per heavy atom. The average Bonchev–Trinajstić information content (AvgIpc) is 2.87. The Kier molecular flexibility index (Phi) is 3.18. The quantitative estimate of drug-likeness (QED) is 0.759. The smallest absolute Gasteiger partial charge is 0.0207 e. The highest BCUT2D eigenvalue weighted by Gasteiger charge is 2.34. The van der Waals surface area contributed by atoms with Gasteiger partial charge < -0.3 is 15.1 Å². The topological polar surface area (TPSA) is 18.5 Å². The Bertz CT molecular complexity index is 239. The molecule has 2 unspecified atom stereocenters. The minimum absolute atomic E-state index is 0.764. The molecule has 0 spiro atoms. The zero-order valence-corrected chi connectivity index (χ0v) is 10.5. The second kappa shape index (κ2) is 4.63. The van der Waals surface area contributed by atoms with Crippen LogP contribution in [0.2, 0.25) is 0 Å². The summed E-state index contributed by atoms with van der Waals surface area (Å²) in [6.07, 6.45) is 5.70. The van der Waals surface area contributed by atoms with Crippen LogP contribution in [0.3, 0.4) is 0 Å². The van der Waals surface area contributed by atoms with Crippen LogP contribution < -0.4 is 5.32 Å². The van der Waals surface area contributed by atoms with Gasteiger partial charge >= 0.3 is 0 Å². The van der Waals surface area contributed by atoms with E-state index in [2.05, 4.69) is 22.2 Å². The monoisotopic (exact) mass is 223 g/mol. The predicted octanol–water partition coefficient (Wildman–Crippen LogP) is 0.764. The summed E-state index contributed by atoms with van der Waals surface area (Å²) in [5.74, 6) is 0.923. The van der Waals surface area contributed by atoms with Crippen molar-refractivity contribution in [3.8, 4) is 0 Å². The lowest BCUT2D eigenvalue weighted by atomic mass is 10.1. The number of rotatable bonds is 4. The normalized spacial score (nSPS) is 37.3. The number of hydrogen-bond acceptors (Lipinski definition) is 3. The minimum Gasteiger partial charge on any atom is -0.312 e. The average molecular weight is 223 g/mol. The van der Waals surface area contributed by atoms with Crippen molar-refractivity contribution in [2.45, 2.75) is 37.8 Å². The van der Waals surface area contributed by atoms with E-state index in [1.54, 1.807) is 0 Å². The number of likely N-dealkylation sites (N-methyl/N-ethyl adjacent to an activating group) is 1. The van der Waals surface area contributed by atoms with Gasteiger partial charge in [-0.25, -0.2) is 0 Å². The predicted molar refractivity (Wildman–Crippen MR) is 66.6 cm³/mol. The van der Waals surface area contributed by atoms with Crippen LogP contribution in [0.25, 0.3) is 0 Å². The summed E-state index contributed by atoms with van der Waals surface area (Å²) < 4.78 is 0. The molecular formula is C13H25N3. The molecule has 1 N–H and O–H groups in total. The molecular weight excluding hydrogens is 198 g/mol. The molecule has 2 heterocycles. The molecule has 2 atom stereocenters. The van der Waals surface area contributed by atoms with Crippen molar-refractivity contribution in [2.24, 2.45) is 5.92 Å². The van der Waals surface area contributed by atoms with Crippen LogP contribution >= 0.6 is 0 Å². The van der Waals surface area contributed by atoms with Gasteiger partial charge in [-0.1, -0.05) is 0 Å². The molecule has 0 bridgehead atoms. The molecule has 3 rings (SSSR count). The molecule has 2 aliphatic heterocycles. The lowest BCUT2D eigenvalue weighted by Gasteiger charge is -2.17. The molecule has 0 aromatic rings. The maximum Gasteiger partial charge on any atom is 0.0207 e. The van der Waals surface area contributed by atoms with Crippen LogP contribution in [0.4, 0.5) is 0 Å². The van der Waals surface area contributed by atoms with Gasteiger partial charge in [-0.15, -0.1) is 0 Å². The van der Waals surface area contributed by atoms with Crippen molar-refractivity contribution in [2.75, 3.05) is 39.8 Å². The van der Waals surface area contributed by atoms with Crippen LogP contribution in [0.1, 0.15) is 25.7 Å². The fourth-order valence-corrected chi connectivity index (χ4v) is 3.24. The zero-order valence-electron chi connectivity index (χ0n) is 10.5. The molecule has 1 aliphatic carbocycles. The number of likely N-dealkylation sites (tertiary alicyclic amines) is 2. The number of nitrogens with zero attached hydrogens (tertiary/aromatic N) is 2. The number of hydrogen-bond donors (Lipinski definition) is 1. The van der Waals surface area contributed by atoms with Gasteiger partial charge in [0.2, 0.25) is 0 Å². The van der Waals surface area contributed by atoms with Crippen LogP contribution in [0.5, 0.6) is 0 Å². The van der Waals surface area contributed by atoms with Crippen molar-refractivity contribution in [3.05, 3.63) is 0 Å². The van der Waals surface area contributed by atoms with E-state index < -0.39 is 0 Å². The van der Waals surface area contributed by atoms with Crippen molar-refractivity contribution in [1.82, 2.24) is 15.1 Å². The van der Waals surface area contributed by atoms with Crippen molar-refractivity contribution in [1.29, 1.82) is 0 Å². The third kappa shape index (κ3) is 2.58. The summed E-state index contributed by atoms with van der Waals surface area (Å²) in [5.41, 5.74) is 0. The van der Waals surface area contributed by atoms with Gasteiger partial charge in [-0.05, 0) is 58.3 Å². The van der Waals surface area contributed by atoms with E-state index in [0.29, 0.717) is 0 Å². The molecule has 0 aromatic heterocycles. The number of nitrogens with one attached hydrogen (secondary N) is 1. The molecule has 3 heteroatoms. The summed E-state index contributed by atoms with van der Waals surface area (Å²) in [6.45, 7) is 6.50. The van der Waals surface area contributed by atoms with Crippen LogP contribution in [-0.4, -0.2) is 61.7 Å². The third-order valence-electron chi connectivity index (χ3n) is 4.47. The SMILES string of the molecule is CN1CCC(NCC2CCN(C3CC3)C2)C1. The Morgan fingerprint density at radius 2 is 1.94 bits per heavy atom. The van der Waals surface area contributed by atoms with E-state index >= 15 is 0 Å². The summed E-state index contributed by atoms with van der Waals surface area (Å²) in [6, 6.07) is 1.74. The van der Waals surface area contributed by atoms with E-state index in [0.717, 1.165) is 18.0 Å². The zero-order chi connectivity index (χ0) is 11.0. The first-order chi connectivity index (χ1) is 7.81. The lowest BCUT2D eigenvalue weighted by molar-refractivity contribution is 0.308. The molecule has 3 fully saturated rings. The molecule has 92 valence electrons. The second-order valence-electron chi connectivity index (χ2n) is 6.04. The molecule has 3 nitrogen and oxygen atoms in total. The molecule has 0 aromatic carbocycles. The molecule has 3 aliphatic rings. The molecule has 1 saturated carbocycles. The second-order valence-corrected chi connectivity index (χ2v) is 6.04. The maximum atomic E-state index is 3.77. The molecule has 0 amide bonds. The van der Waals surface area contributed by atoms with Crippen molar-refractivity contribution >= 4 is 0 Å². The van der Waals surface area contributed by atoms with Gasteiger partial charge in [0, 0.05) is 25.2 Å². The van der Waals surface area contributed by atoms with E-state index in [-0.39, 0.29) is 0 Å². The van der Waals surface area contributed by atoms with Gasteiger partial charge in [-0.2, -0.15) is 0 Å². The highest BCUT2D eigenvalue weighted by molar-refractivity contribution is 4.90. The first-order valence-corrected chi connectivity index (χ1v) is 6.97. The fraction of sp³-hybridized carbons (Fsp3) is 1.00. The molecule has 0 radical (unpaired) electrons. The molecule has 16 heavy (non-hydrogen) atoms. The minimum atomic E-state index is 0.764. The van der Waals surface area contributed by atoms with Gasteiger partial charge in [0.1, 0.15) is 0 Å². The Morgan fingerprint density at radius 1 is 1.06 bits per heavy atom. The van der Waals surface area contributed by atoms with Crippen molar-refractivity contribution < 1.29 is 0 Å². The van der Waals surface area contributed by atoms with E-state index in [9.17, 15) is 0 Å². The Hall–Kier alpha value is -0.120. The van der Waals surface area contributed by atoms with Crippen LogP contribution in [0, 0.1) is 5.92 Å². The highest BCUT2D eigenvalue weighted by atomic mass is 15.2. The molecule has 2 saturated heterocycles. The third-order valence-corrected chi connectivity index (χ3v) is 4.47. The Balaban J connectivity index is 1.36. The van der Waals surface area contributed by atoms with E-state index in [1.807, 2.05) is 0 Å². The lowest BCUT2D eigenvalue weighted by Crippen LogP contribution is -2.36. The largest absolute Gasteiger partial charge is 0.312 e. The fourth-order valence-electron chi connectivity index (χ4n) is 3.24. The first-order valence-electron chi connectivity index (χ1n) is 6.97. The highest BCUT2D eigenvalue weighted by Crippen LogP contribution is 2.31. The van der Waals surface area contributed by atoms with Gasteiger partial charge in [0.15, 0.2) is 0 Å². The first kappa shape index (κ1) is 11.0. The van der Waals surface area contributed by atoms with E-state index in [1.165, 1.54) is 58.4 Å². The van der Waals surface area contributed by atoms with Gasteiger partial charge in [0.05, 0.1) is 0 Å². The maximum absolute atomic E-state index is 3.77. The van der Waals surface area contributed by atoms with Gasteiger partial charge in [0.25, 0.3) is 0 Å². The van der Waals surface area contributed by atoms with Crippen LogP contribution in [0.15, 0.2) is 0 Å².